The fraction of sp³-hybridized carbons (Fsp3) is 0.571. The van der Waals surface area contributed by atoms with E-state index >= 15 is 0 Å². The highest BCUT2D eigenvalue weighted by atomic mass is 16.5. The smallest absolute Gasteiger partial charge is 0.161 e. The molecule has 1 rings (SSSR count). The maximum atomic E-state index is 5.75. The van der Waals surface area contributed by atoms with Crippen LogP contribution in [0.3, 0.4) is 0 Å². The molecule has 0 bridgehead atoms. The van der Waals surface area contributed by atoms with Gasteiger partial charge in [-0.15, -0.1) is 0 Å². The van der Waals surface area contributed by atoms with Crippen LogP contribution in [0.2, 0.25) is 0 Å². The first-order chi connectivity index (χ1) is 8.17. The van der Waals surface area contributed by atoms with Gasteiger partial charge in [-0.1, -0.05) is 13.0 Å². The zero-order chi connectivity index (χ0) is 12.7. The number of ether oxygens (including phenoxy) is 2. The molecule has 0 saturated carbocycles. The number of benzene rings is 1. The highest BCUT2D eigenvalue weighted by Crippen LogP contribution is 2.28. The summed E-state index contributed by atoms with van der Waals surface area (Å²) in [5.41, 5.74) is 6.99. The second-order valence-electron chi connectivity index (χ2n) is 4.35. The van der Waals surface area contributed by atoms with Crippen molar-refractivity contribution in [3.8, 4) is 11.5 Å². The lowest BCUT2D eigenvalue weighted by Gasteiger charge is -2.12. The molecule has 1 aromatic carbocycles. The summed E-state index contributed by atoms with van der Waals surface area (Å²) in [6, 6.07) is 6.32. The number of hydrogen-bond acceptors (Lipinski definition) is 3. The van der Waals surface area contributed by atoms with E-state index in [0.29, 0.717) is 0 Å². The van der Waals surface area contributed by atoms with Crippen LogP contribution in [0.15, 0.2) is 18.2 Å². The molecule has 0 radical (unpaired) electrons. The van der Waals surface area contributed by atoms with Gasteiger partial charge in [0, 0.05) is 6.04 Å². The lowest BCUT2D eigenvalue weighted by Crippen LogP contribution is -2.15. The van der Waals surface area contributed by atoms with Gasteiger partial charge in [0.05, 0.1) is 13.7 Å². The Morgan fingerprint density at radius 1 is 1.29 bits per heavy atom. The predicted octanol–water partition coefficient (Wildman–Crippen LogP) is 2.76. The van der Waals surface area contributed by atoms with Crippen molar-refractivity contribution in [2.24, 2.45) is 5.73 Å². The van der Waals surface area contributed by atoms with E-state index in [-0.39, 0.29) is 6.04 Å². The summed E-state index contributed by atoms with van der Waals surface area (Å²) in [6.45, 7) is 4.83. The van der Waals surface area contributed by atoms with E-state index in [0.717, 1.165) is 37.4 Å². The molecule has 96 valence electrons. The summed E-state index contributed by atoms with van der Waals surface area (Å²) in [7, 11) is 1.67. The van der Waals surface area contributed by atoms with Crippen LogP contribution >= 0.6 is 0 Å². The summed E-state index contributed by atoms with van der Waals surface area (Å²) in [4.78, 5) is 0. The molecule has 0 aliphatic rings. The van der Waals surface area contributed by atoms with Gasteiger partial charge in [-0.25, -0.2) is 0 Å². The Morgan fingerprint density at radius 2 is 2.06 bits per heavy atom. The molecule has 1 atom stereocenters. The Labute approximate surface area is 104 Å². The molecule has 0 fully saturated rings. The fourth-order valence-electron chi connectivity index (χ4n) is 1.59. The molecular formula is C14H23NO2. The molecule has 0 aliphatic carbocycles. The van der Waals surface area contributed by atoms with Gasteiger partial charge in [0.2, 0.25) is 0 Å². The monoisotopic (exact) mass is 237 g/mol. The summed E-state index contributed by atoms with van der Waals surface area (Å²) in [5.74, 6) is 1.62. The lowest BCUT2D eigenvalue weighted by atomic mass is 10.1. The second kappa shape index (κ2) is 7.17. The molecule has 0 spiro atoms. The maximum absolute atomic E-state index is 5.75. The van der Waals surface area contributed by atoms with Crippen molar-refractivity contribution < 1.29 is 9.47 Å². The Morgan fingerprint density at radius 3 is 2.65 bits per heavy atom. The van der Waals surface area contributed by atoms with Crippen molar-refractivity contribution in [2.75, 3.05) is 13.7 Å². The van der Waals surface area contributed by atoms with Crippen LogP contribution in [0.1, 0.15) is 32.3 Å². The minimum absolute atomic E-state index is 0.233. The molecule has 1 unspecified atom stereocenters. The Bertz CT molecular complexity index is 337. The number of hydrogen-bond donors (Lipinski definition) is 1. The highest BCUT2D eigenvalue weighted by Gasteiger charge is 2.06. The van der Waals surface area contributed by atoms with Crippen LogP contribution in [-0.2, 0) is 6.42 Å². The molecule has 0 aliphatic heterocycles. The number of methoxy groups -OCH3 is 1. The van der Waals surface area contributed by atoms with Crippen molar-refractivity contribution in [1.82, 2.24) is 0 Å². The largest absolute Gasteiger partial charge is 0.493 e. The first kappa shape index (κ1) is 13.8. The molecule has 0 amide bonds. The van der Waals surface area contributed by atoms with Gasteiger partial charge < -0.3 is 15.2 Å². The van der Waals surface area contributed by atoms with E-state index in [2.05, 4.69) is 13.0 Å². The number of nitrogens with two attached hydrogens (primary N) is 1. The van der Waals surface area contributed by atoms with E-state index in [4.69, 9.17) is 15.2 Å². The summed E-state index contributed by atoms with van der Waals surface area (Å²) in [5, 5.41) is 0. The van der Waals surface area contributed by atoms with Crippen molar-refractivity contribution in [2.45, 2.75) is 39.2 Å². The molecule has 1 aromatic rings. The van der Waals surface area contributed by atoms with Crippen LogP contribution < -0.4 is 15.2 Å². The normalized spacial score (nSPS) is 12.2. The predicted molar refractivity (Wildman–Crippen MR) is 70.8 cm³/mol. The third-order valence-corrected chi connectivity index (χ3v) is 2.58. The van der Waals surface area contributed by atoms with Gasteiger partial charge in [0.15, 0.2) is 11.5 Å². The topological polar surface area (TPSA) is 44.5 Å². The van der Waals surface area contributed by atoms with Gasteiger partial charge in [0.25, 0.3) is 0 Å². The third kappa shape index (κ3) is 4.65. The van der Waals surface area contributed by atoms with Crippen molar-refractivity contribution in [1.29, 1.82) is 0 Å². The highest BCUT2D eigenvalue weighted by molar-refractivity contribution is 5.43. The Hall–Kier alpha value is -1.22. The average Bonchev–Trinajstić information content (AvgIpc) is 2.34. The van der Waals surface area contributed by atoms with E-state index in [9.17, 15) is 0 Å². The minimum atomic E-state index is 0.233. The quantitative estimate of drug-likeness (QED) is 0.793. The molecular weight excluding hydrogens is 214 g/mol. The molecule has 0 saturated heterocycles. The van der Waals surface area contributed by atoms with Gasteiger partial charge >= 0.3 is 0 Å². The summed E-state index contributed by atoms with van der Waals surface area (Å²) < 4.78 is 10.9. The van der Waals surface area contributed by atoms with E-state index in [1.54, 1.807) is 7.11 Å². The van der Waals surface area contributed by atoms with Crippen LogP contribution in [-0.4, -0.2) is 19.8 Å². The van der Waals surface area contributed by atoms with E-state index in [1.165, 1.54) is 5.56 Å². The van der Waals surface area contributed by atoms with Crippen LogP contribution in [0.5, 0.6) is 11.5 Å². The van der Waals surface area contributed by atoms with Gasteiger partial charge in [0.1, 0.15) is 0 Å². The first-order valence-electron chi connectivity index (χ1n) is 6.22. The summed E-state index contributed by atoms with van der Waals surface area (Å²) in [6.07, 6.45) is 2.95. The van der Waals surface area contributed by atoms with E-state index < -0.39 is 0 Å². The third-order valence-electron chi connectivity index (χ3n) is 2.58. The van der Waals surface area contributed by atoms with Crippen LogP contribution in [0.4, 0.5) is 0 Å². The van der Waals surface area contributed by atoms with Crippen LogP contribution in [0, 0.1) is 0 Å². The minimum Gasteiger partial charge on any atom is -0.493 e. The van der Waals surface area contributed by atoms with Crippen LogP contribution in [0.25, 0.3) is 0 Å². The number of rotatable bonds is 7. The first-order valence-corrected chi connectivity index (χ1v) is 6.22. The molecule has 2 N–H and O–H groups in total. The van der Waals surface area contributed by atoms with Gasteiger partial charge in [-0.3, -0.25) is 0 Å². The van der Waals surface area contributed by atoms with Gasteiger partial charge in [-0.05, 0) is 43.9 Å². The SMILES string of the molecule is CCCOc1ccc(CCC(C)N)cc1OC. The van der Waals surface area contributed by atoms with Crippen molar-refractivity contribution in [3.05, 3.63) is 23.8 Å². The maximum Gasteiger partial charge on any atom is 0.161 e. The van der Waals surface area contributed by atoms with E-state index in [1.807, 2.05) is 19.1 Å². The molecule has 0 heterocycles. The summed E-state index contributed by atoms with van der Waals surface area (Å²) >= 11 is 0. The fourth-order valence-corrected chi connectivity index (χ4v) is 1.59. The van der Waals surface area contributed by atoms with Crippen molar-refractivity contribution >= 4 is 0 Å². The zero-order valence-corrected chi connectivity index (χ0v) is 11.0. The standard InChI is InChI=1S/C14H23NO2/c1-4-9-17-13-8-7-12(6-5-11(2)15)10-14(13)16-3/h7-8,10-11H,4-6,9,15H2,1-3H3. The molecule has 0 aromatic heterocycles. The molecule has 3 heteroatoms. The lowest BCUT2D eigenvalue weighted by molar-refractivity contribution is 0.294. The average molecular weight is 237 g/mol. The van der Waals surface area contributed by atoms with Crippen molar-refractivity contribution in [3.63, 3.8) is 0 Å². The zero-order valence-electron chi connectivity index (χ0n) is 11.0. The Kier molecular flexibility index (Phi) is 5.84. The Balaban J connectivity index is 2.70. The number of aryl methyl sites for hydroxylation is 1. The van der Waals surface area contributed by atoms with Gasteiger partial charge in [-0.2, -0.15) is 0 Å². The second-order valence-corrected chi connectivity index (χ2v) is 4.35. The molecule has 3 nitrogen and oxygen atoms in total. The molecule has 17 heavy (non-hydrogen) atoms.